The van der Waals surface area contributed by atoms with Gasteiger partial charge in [-0.3, -0.25) is 9.89 Å². The first-order chi connectivity index (χ1) is 10.7. The van der Waals surface area contributed by atoms with Crippen LogP contribution in [0.5, 0.6) is 0 Å². The molecule has 0 amide bonds. The Balaban J connectivity index is 1.81. The highest BCUT2D eigenvalue weighted by atomic mass is 16.5. The van der Waals surface area contributed by atoms with Gasteiger partial charge in [0.15, 0.2) is 5.65 Å². The van der Waals surface area contributed by atoms with E-state index in [1.165, 1.54) is 29.5 Å². The molecule has 3 rings (SSSR count). The highest BCUT2D eigenvalue weighted by molar-refractivity contribution is 5.88. The maximum atomic E-state index is 12.1. The Morgan fingerprint density at radius 2 is 2.18 bits per heavy atom. The number of rotatable bonds is 5. The van der Waals surface area contributed by atoms with Crippen molar-refractivity contribution < 1.29 is 14.3 Å². The van der Waals surface area contributed by atoms with E-state index >= 15 is 0 Å². The van der Waals surface area contributed by atoms with Crippen LogP contribution in [0.2, 0.25) is 0 Å². The van der Waals surface area contributed by atoms with Crippen molar-refractivity contribution >= 4 is 11.6 Å². The van der Waals surface area contributed by atoms with Gasteiger partial charge in [0.25, 0.3) is 5.56 Å². The first-order valence-electron chi connectivity index (χ1n) is 7.58. The Hall–Kier alpha value is -2.15. The lowest BCUT2D eigenvalue weighted by atomic mass is 10.3. The molecule has 1 aliphatic carbocycles. The fourth-order valence-electron chi connectivity index (χ4n) is 2.69. The van der Waals surface area contributed by atoms with Crippen molar-refractivity contribution in [3.05, 3.63) is 33.9 Å². The van der Waals surface area contributed by atoms with Gasteiger partial charge >= 0.3 is 5.97 Å². The van der Waals surface area contributed by atoms with Gasteiger partial charge in [0.2, 0.25) is 0 Å². The van der Waals surface area contributed by atoms with Gasteiger partial charge in [0.1, 0.15) is 5.69 Å². The van der Waals surface area contributed by atoms with Crippen molar-refractivity contribution in [2.24, 2.45) is 0 Å². The molecule has 2 heterocycles. The van der Waals surface area contributed by atoms with Gasteiger partial charge in [0, 0.05) is 12.1 Å². The highest BCUT2D eigenvalue weighted by Gasteiger charge is 2.17. The molecule has 0 aliphatic heterocycles. The van der Waals surface area contributed by atoms with Crippen molar-refractivity contribution in [3.63, 3.8) is 0 Å². The summed E-state index contributed by atoms with van der Waals surface area (Å²) in [5, 5.41) is 2.70. The van der Waals surface area contributed by atoms with E-state index in [1.54, 1.807) is 6.92 Å². The number of fused-ring (bicyclic) bond motifs is 1. The van der Waals surface area contributed by atoms with Crippen molar-refractivity contribution in [1.29, 1.82) is 0 Å². The minimum absolute atomic E-state index is 0.209. The fraction of sp³-hybridized carbons (Fsp3) is 0.533. The lowest BCUT2D eigenvalue weighted by Gasteiger charge is -2.10. The molecule has 118 valence electrons. The summed E-state index contributed by atoms with van der Waals surface area (Å²) >= 11 is 0. The summed E-state index contributed by atoms with van der Waals surface area (Å²) in [6.07, 6.45) is 4.79. The molecule has 7 nitrogen and oxygen atoms in total. The fourth-order valence-corrected chi connectivity index (χ4v) is 2.69. The Labute approximate surface area is 127 Å². The summed E-state index contributed by atoms with van der Waals surface area (Å²) in [7, 11) is 0. The van der Waals surface area contributed by atoms with E-state index in [0.29, 0.717) is 17.9 Å². The van der Waals surface area contributed by atoms with Crippen LogP contribution < -0.4 is 5.56 Å². The predicted octanol–water partition coefficient (Wildman–Crippen LogP) is 1.66. The molecule has 0 atom stereocenters. The van der Waals surface area contributed by atoms with Gasteiger partial charge in [-0.05, 0) is 19.8 Å². The molecule has 0 spiro atoms. The summed E-state index contributed by atoms with van der Waals surface area (Å²) in [6, 6.07) is 2.94. The van der Waals surface area contributed by atoms with Crippen molar-refractivity contribution in [3.8, 4) is 0 Å². The largest absolute Gasteiger partial charge is 0.461 e. The topological polar surface area (TPSA) is 85.7 Å². The van der Waals surface area contributed by atoms with Gasteiger partial charge in [-0.2, -0.15) is 0 Å². The Bertz CT molecular complexity index is 728. The third kappa shape index (κ3) is 3.04. The van der Waals surface area contributed by atoms with Crippen LogP contribution in [-0.4, -0.2) is 33.3 Å². The van der Waals surface area contributed by atoms with Crippen LogP contribution in [0.3, 0.4) is 0 Å². The molecule has 0 aromatic carbocycles. The first kappa shape index (κ1) is 14.8. The van der Waals surface area contributed by atoms with Crippen LogP contribution in [-0.2, 0) is 16.1 Å². The van der Waals surface area contributed by atoms with Crippen LogP contribution in [0.4, 0.5) is 0 Å². The van der Waals surface area contributed by atoms with E-state index in [4.69, 9.17) is 9.47 Å². The van der Waals surface area contributed by atoms with E-state index in [-0.39, 0.29) is 24.0 Å². The lowest BCUT2D eigenvalue weighted by molar-refractivity contribution is 0.0437. The third-order valence-corrected chi connectivity index (χ3v) is 3.77. The maximum Gasteiger partial charge on any atom is 0.356 e. The van der Waals surface area contributed by atoms with Crippen molar-refractivity contribution in [1.82, 2.24) is 14.6 Å². The zero-order valence-electron chi connectivity index (χ0n) is 12.5. The summed E-state index contributed by atoms with van der Waals surface area (Å²) in [5.74, 6) is -0.504. The number of carbonyl (C=O) groups excluding carboxylic acids is 1. The number of hydrogen-bond donors (Lipinski definition) is 1. The Morgan fingerprint density at radius 1 is 1.41 bits per heavy atom. The zero-order valence-corrected chi connectivity index (χ0v) is 12.5. The molecular weight excluding hydrogens is 286 g/mol. The van der Waals surface area contributed by atoms with Crippen LogP contribution in [0.25, 0.3) is 5.65 Å². The number of carbonyl (C=O) groups is 1. The molecule has 0 saturated heterocycles. The normalized spacial score (nSPS) is 15.5. The summed E-state index contributed by atoms with van der Waals surface area (Å²) in [5.41, 5.74) is 0.901. The first-order valence-corrected chi connectivity index (χ1v) is 7.58. The molecule has 0 bridgehead atoms. The average Bonchev–Trinajstić information content (AvgIpc) is 3.15. The van der Waals surface area contributed by atoms with Crippen molar-refractivity contribution in [2.75, 3.05) is 6.61 Å². The quantitative estimate of drug-likeness (QED) is 0.849. The van der Waals surface area contributed by atoms with E-state index in [0.717, 1.165) is 12.8 Å². The monoisotopic (exact) mass is 305 g/mol. The number of H-pyrrole nitrogens is 1. The predicted molar refractivity (Wildman–Crippen MR) is 78.8 cm³/mol. The number of nitrogens with one attached hydrogen (secondary N) is 1. The Kier molecular flexibility index (Phi) is 4.24. The molecule has 1 saturated carbocycles. The lowest BCUT2D eigenvalue weighted by Crippen LogP contribution is -2.17. The van der Waals surface area contributed by atoms with Gasteiger partial charge in [-0.25, -0.2) is 14.3 Å². The van der Waals surface area contributed by atoms with Crippen LogP contribution in [0.1, 0.15) is 48.8 Å². The number of aromatic amines is 1. The van der Waals surface area contributed by atoms with Gasteiger partial charge < -0.3 is 9.47 Å². The SMILES string of the molecule is CCOC(=O)c1cc2nc(COC3CCCC3)cc(=O)n2[nH]1. The smallest absolute Gasteiger partial charge is 0.356 e. The zero-order chi connectivity index (χ0) is 15.5. The summed E-state index contributed by atoms with van der Waals surface area (Å²) in [6.45, 7) is 2.32. The molecular formula is C15H19N3O4. The average molecular weight is 305 g/mol. The third-order valence-electron chi connectivity index (χ3n) is 3.77. The number of nitrogens with zero attached hydrogens (tertiary/aromatic N) is 2. The molecule has 7 heteroatoms. The van der Waals surface area contributed by atoms with Gasteiger partial charge in [-0.1, -0.05) is 12.8 Å². The number of aromatic nitrogens is 3. The second-order valence-electron chi connectivity index (χ2n) is 5.39. The van der Waals surface area contributed by atoms with Gasteiger partial charge in [-0.15, -0.1) is 0 Å². The molecule has 1 aliphatic rings. The molecule has 0 radical (unpaired) electrons. The standard InChI is InChI=1S/C15H19N3O4/c1-2-21-15(20)12-8-13-16-10(7-14(19)18(13)17-12)9-22-11-5-3-4-6-11/h7-8,11,17H,2-6,9H2,1H3. The highest BCUT2D eigenvalue weighted by Crippen LogP contribution is 2.21. The number of hydrogen-bond acceptors (Lipinski definition) is 5. The van der Waals surface area contributed by atoms with E-state index in [2.05, 4.69) is 10.1 Å². The van der Waals surface area contributed by atoms with Crippen LogP contribution in [0, 0.1) is 0 Å². The molecule has 1 fully saturated rings. The van der Waals surface area contributed by atoms with E-state index < -0.39 is 5.97 Å². The number of ether oxygens (including phenoxy) is 2. The van der Waals surface area contributed by atoms with Crippen LogP contribution in [0.15, 0.2) is 16.9 Å². The van der Waals surface area contributed by atoms with Crippen molar-refractivity contribution in [2.45, 2.75) is 45.3 Å². The molecule has 2 aromatic rings. The second kappa shape index (κ2) is 6.31. The minimum Gasteiger partial charge on any atom is -0.461 e. The molecule has 22 heavy (non-hydrogen) atoms. The molecule has 2 aromatic heterocycles. The van der Waals surface area contributed by atoms with E-state index in [9.17, 15) is 9.59 Å². The number of esters is 1. The Morgan fingerprint density at radius 3 is 2.91 bits per heavy atom. The summed E-state index contributed by atoms with van der Waals surface area (Å²) in [4.78, 5) is 28.1. The summed E-state index contributed by atoms with van der Waals surface area (Å²) < 4.78 is 11.9. The minimum atomic E-state index is -0.504. The maximum absolute atomic E-state index is 12.1. The van der Waals surface area contributed by atoms with Gasteiger partial charge in [0.05, 0.1) is 25.0 Å². The molecule has 1 N–H and O–H groups in total. The second-order valence-corrected chi connectivity index (χ2v) is 5.39. The van der Waals surface area contributed by atoms with E-state index in [1.807, 2.05) is 0 Å². The molecule has 0 unspecified atom stereocenters. The van der Waals surface area contributed by atoms with Crippen LogP contribution >= 0.6 is 0 Å².